The molecule has 1 amide bonds. The van der Waals surface area contributed by atoms with E-state index in [4.69, 9.17) is 21.1 Å². The molecule has 1 heterocycles. The maximum atomic E-state index is 13.1. The second-order valence-corrected chi connectivity index (χ2v) is 5.89. The summed E-state index contributed by atoms with van der Waals surface area (Å²) in [6.07, 6.45) is 3.17. The number of halogens is 2. The van der Waals surface area contributed by atoms with Gasteiger partial charge in [0.05, 0.1) is 18.2 Å². The first kappa shape index (κ1) is 14.8. The molecule has 1 aliphatic heterocycles. The summed E-state index contributed by atoms with van der Waals surface area (Å²) in [5.74, 6) is -1.19. The lowest BCUT2D eigenvalue weighted by atomic mass is 9.90. The van der Waals surface area contributed by atoms with E-state index >= 15 is 0 Å². The highest BCUT2D eigenvalue weighted by molar-refractivity contribution is 6.31. The van der Waals surface area contributed by atoms with Gasteiger partial charge in [0.2, 0.25) is 0 Å². The lowest BCUT2D eigenvalue weighted by molar-refractivity contribution is -0.179. The molecular weight excluding hydrogens is 297 g/mol. The van der Waals surface area contributed by atoms with E-state index in [2.05, 4.69) is 5.32 Å². The molecule has 0 aromatic heterocycles. The van der Waals surface area contributed by atoms with Gasteiger partial charge in [-0.2, -0.15) is 0 Å². The van der Waals surface area contributed by atoms with Crippen molar-refractivity contribution in [2.45, 2.75) is 37.5 Å². The zero-order valence-corrected chi connectivity index (χ0v) is 12.3. The standard InChI is InChI=1S/C15H17ClFNO3/c16-12-9-10(1-2-13(12)17)14(19)18-11-3-5-15(6-4-11)20-7-8-21-15/h1-2,9,11H,3-8H2,(H,18,19). The number of carbonyl (C=O) groups excluding carboxylic acids is 1. The highest BCUT2D eigenvalue weighted by Crippen LogP contribution is 2.35. The van der Waals surface area contributed by atoms with Crippen LogP contribution in [-0.2, 0) is 9.47 Å². The quantitative estimate of drug-likeness (QED) is 0.913. The molecule has 2 fully saturated rings. The SMILES string of the molecule is O=C(NC1CCC2(CC1)OCCO2)c1ccc(F)c(Cl)c1. The molecule has 0 bridgehead atoms. The normalized spacial score (nSPS) is 21.6. The summed E-state index contributed by atoms with van der Waals surface area (Å²) in [5.41, 5.74) is 0.370. The number of nitrogens with one attached hydrogen (secondary N) is 1. The van der Waals surface area contributed by atoms with Crippen LogP contribution in [-0.4, -0.2) is 30.9 Å². The van der Waals surface area contributed by atoms with E-state index in [1.54, 1.807) is 0 Å². The van der Waals surface area contributed by atoms with Crippen LogP contribution in [0.1, 0.15) is 36.0 Å². The van der Waals surface area contributed by atoms with E-state index in [1.165, 1.54) is 18.2 Å². The maximum absolute atomic E-state index is 13.1. The number of amides is 1. The number of carbonyl (C=O) groups is 1. The lowest BCUT2D eigenvalue weighted by Gasteiger charge is -2.35. The summed E-state index contributed by atoms with van der Waals surface area (Å²) in [7, 11) is 0. The molecule has 1 N–H and O–H groups in total. The Morgan fingerprint density at radius 2 is 1.95 bits per heavy atom. The van der Waals surface area contributed by atoms with Gasteiger partial charge in [-0.3, -0.25) is 4.79 Å². The molecule has 4 nitrogen and oxygen atoms in total. The molecule has 1 saturated heterocycles. The monoisotopic (exact) mass is 313 g/mol. The van der Waals surface area contributed by atoms with Crippen LogP contribution >= 0.6 is 11.6 Å². The van der Waals surface area contributed by atoms with Crippen molar-refractivity contribution in [1.29, 1.82) is 0 Å². The molecule has 1 aromatic carbocycles. The molecule has 0 unspecified atom stereocenters. The van der Waals surface area contributed by atoms with Crippen molar-refractivity contribution >= 4 is 17.5 Å². The minimum Gasteiger partial charge on any atom is -0.349 e. The summed E-state index contributed by atoms with van der Waals surface area (Å²) in [6.45, 7) is 1.29. The topological polar surface area (TPSA) is 47.6 Å². The Morgan fingerprint density at radius 3 is 2.57 bits per heavy atom. The van der Waals surface area contributed by atoms with Crippen molar-refractivity contribution < 1.29 is 18.7 Å². The van der Waals surface area contributed by atoms with E-state index in [-0.39, 0.29) is 17.0 Å². The van der Waals surface area contributed by atoms with Crippen molar-refractivity contribution in [2.75, 3.05) is 13.2 Å². The Morgan fingerprint density at radius 1 is 1.29 bits per heavy atom. The number of hydrogen-bond donors (Lipinski definition) is 1. The van der Waals surface area contributed by atoms with Gasteiger partial charge in [0.15, 0.2) is 5.79 Å². The Kier molecular flexibility index (Phi) is 4.15. The first-order chi connectivity index (χ1) is 10.1. The number of rotatable bonds is 2. The van der Waals surface area contributed by atoms with Gasteiger partial charge in [0.25, 0.3) is 5.91 Å². The third-order valence-electron chi connectivity index (χ3n) is 4.08. The van der Waals surface area contributed by atoms with Gasteiger partial charge in [0, 0.05) is 24.4 Å². The molecule has 1 saturated carbocycles. The summed E-state index contributed by atoms with van der Waals surface area (Å²) >= 11 is 5.69. The predicted molar refractivity (Wildman–Crippen MR) is 75.8 cm³/mol. The van der Waals surface area contributed by atoms with E-state index in [1.807, 2.05) is 0 Å². The third kappa shape index (κ3) is 3.20. The average molecular weight is 314 g/mol. The zero-order valence-electron chi connectivity index (χ0n) is 11.5. The average Bonchev–Trinajstić information content (AvgIpc) is 2.93. The first-order valence-corrected chi connectivity index (χ1v) is 7.50. The van der Waals surface area contributed by atoms with Crippen molar-refractivity contribution in [1.82, 2.24) is 5.32 Å². The maximum Gasteiger partial charge on any atom is 0.251 e. The summed E-state index contributed by atoms with van der Waals surface area (Å²) in [5, 5.41) is 2.91. The molecule has 0 radical (unpaired) electrons. The minimum absolute atomic E-state index is 0.0435. The second-order valence-electron chi connectivity index (χ2n) is 5.48. The summed E-state index contributed by atoms with van der Waals surface area (Å²) in [6, 6.07) is 4.07. The first-order valence-electron chi connectivity index (χ1n) is 7.12. The number of benzene rings is 1. The fourth-order valence-electron chi connectivity index (χ4n) is 2.89. The van der Waals surface area contributed by atoms with Gasteiger partial charge in [-0.1, -0.05) is 11.6 Å². The smallest absolute Gasteiger partial charge is 0.251 e. The Labute approximate surface area is 127 Å². The molecule has 114 valence electrons. The summed E-state index contributed by atoms with van der Waals surface area (Å²) < 4.78 is 24.4. The minimum atomic E-state index is -0.525. The summed E-state index contributed by atoms with van der Waals surface area (Å²) in [4.78, 5) is 12.1. The number of hydrogen-bond acceptors (Lipinski definition) is 3. The fourth-order valence-corrected chi connectivity index (χ4v) is 3.07. The Balaban J connectivity index is 1.57. The van der Waals surface area contributed by atoms with E-state index in [9.17, 15) is 9.18 Å². The molecule has 1 aliphatic carbocycles. The molecule has 6 heteroatoms. The van der Waals surface area contributed by atoms with Crippen LogP contribution in [0.15, 0.2) is 18.2 Å². The molecular formula is C15H17ClFNO3. The van der Waals surface area contributed by atoms with E-state index in [0.29, 0.717) is 18.8 Å². The van der Waals surface area contributed by atoms with Gasteiger partial charge in [-0.15, -0.1) is 0 Å². The predicted octanol–water partition coefficient (Wildman–Crippen LogP) is 2.89. The van der Waals surface area contributed by atoms with Crippen LogP contribution < -0.4 is 5.32 Å². The van der Waals surface area contributed by atoms with Crippen LogP contribution in [0.2, 0.25) is 5.02 Å². The van der Waals surface area contributed by atoms with Crippen LogP contribution in [0.3, 0.4) is 0 Å². The fraction of sp³-hybridized carbons (Fsp3) is 0.533. The highest BCUT2D eigenvalue weighted by atomic mass is 35.5. The van der Waals surface area contributed by atoms with Crippen molar-refractivity contribution in [3.63, 3.8) is 0 Å². The van der Waals surface area contributed by atoms with Crippen LogP contribution in [0.5, 0.6) is 0 Å². The van der Waals surface area contributed by atoms with Crippen LogP contribution in [0, 0.1) is 5.82 Å². The molecule has 2 aliphatic rings. The van der Waals surface area contributed by atoms with Crippen LogP contribution in [0.4, 0.5) is 4.39 Å². The Bertz CT molecular complexity index is 536. The largest absolute Gasteiger partial charge is 0.349 e. The third-order valence-corrected chi connectivity index (χ3v) is 4.37. The van der Waals surface area contributed by atoms with Crippen LogP contribution in [0.25, 0.3) is 0 Å². The zero-order chi connectivity index (χ0) is 14.9. The molecule has 3 rings (SSSR count). The highest BCUT2D eigenvalue weighted by Gasteiger charge is 2.40. The van der Waals surface area contributed by atoms with E-state index < -0.39 is 11.6 Å². The van der Waals surface area contributed by atoms with Gasteiger partial charge in [-0.05, 0) is 31.0 Å². The number of ether oxygens (including phenoxy) is 2. The molecule has 0 atom stereocenters. The van der Waals surface area contributed by atoms with Crippen molar-refractivity contribution in [3.8, 4) is 0 Å². The second kappa shape index (κ2) is 5.91. The molecule has 1 spiro atoms. The van der Waals surface area contributed by atoms with Gasteiger partial charge < -0.3 is 14.8 Å². The van der Waals surface area contributed by atoms with Crippen molar-refractivity contribution in [3.05, 3.63) is 34.6 Å². The molecule has 1 aromatic rings. The Hall–Kier alpha value is -1.17. The molecule has 21 heavy (non-hydrogen) atoms. The van der Waals surface area contributed by atoms with Gasteiger partial charge in [-0.25, -0.2) is 4.39 Å². The van der Waals surface area contributed by atoms with Gasteiger partial charge >= 0.3 is 0 Å². The van der Waals surface area contributed by atoms with Gasteiger partial charge in [0.1, 0.15) is 5.82 Å². The van der Waals surface area contributed by atoms with Crippen molar-refractivity contribution in [2.24, 2.45) is 0 Å². The van der Waals surface area contributed by atoms with E-state index in [0.717, 1.165) is 25.7 Å². The lowest BCUT2D eigenvalue weighted by Crippen LogP contribution is -2.44.